The van der Waals surface area contributed by atoms with Crippen LogP contribution in [-0.4, -0.2) is 48.8 Å². The van der Waals surface area contributed by atoms with Crippen LogP contribution in [0.15, 0.2) is 29.3 Å². The van der Waals surface area contributed by atoms with E-state index in [-0.39, 0.29) is 30.6 Å². The Hall–Kier alpha value is -0.860. The predicted octanol–water partition coefficient (Wildman–Crippen LogP) is 4.25. The first-order valence-corrected chi connectivity index (χ1v) is 10.9. The number of nitrogens with zero attached hydrogens (tertiary/aromatic N) is 2. The molecule has 0 bridgehead atoms. The van der Waals surface area contributed by atoms with Gasteiger partial charge in [-0.2, -0.15) is 0 Å². The Bertz CT molecular complexity index is 544. The van der Waals surface area contributed by atoms with Crippen LogP contribution in [-0.2, 0) is 13.1 Å². The molecule has 1 atom stereocenters. The van der Waals surface area contributed by atoms with E-state index < -0.39 is 0 Å². The van der Waals surface area contributed by atoms with Crippen LogP contribution in [0.1, 0.15) is 58.6 Å². The maximum Gasteiger partial charge on any atom is 0.191 e. The zero-order chi connectivity index (χ0) is 20.8. The molecular formula is C23H43IN4O. The zero-order valence-electron chi connectivity index (χ0n) is 19.1. The fraction of sp³-hybridized carbons (Fsp3) is 0.696. The van der Waals surface area contributed by atoms with Crippen LogP contribution in [0, 0.1) is 11.8 Å². The second-order valence-corrected chi connectivity index (χ2v) is 7.86. The Labute approximate surface area is 195 Å². The van der Waals surface area contributed by atoms with Gasteiger partial charge in [0.2, 0.25) is 0 Å². The summed E-state index contributed by atoms with van der Waals surface area (Å²) in [5.74, 6) is 1.95. The summed E-state index contributed by atoms with van der Waals surface area (Å²) in [7, 11) is 0. The largest absolute Gasteiger partial charge is 0.396 e. The van der Waals surface area contributed by atoms with E-state index in [0.717, 1.165) is 51.5 Å². The predicted molar refractivity (Wildman–Crippen MR) is 136 cm³/mol. The molecule has 168 valence electrons. The molecule has 0 saturated heterocycles. The van der Waals surface area contributed by atoms with Crippen molar-refractivity contribution in [3.63, 3.8) is 0 Å². The van der Waals surface area contributed by atoms with Crippen molar-refractivity contribution in [3.05, 3.63) is 35.4 Å². The number of benzene rings is 1. The van der Waals surface area contributed by atoms with E-state index in [2.05, 4.69) is 74.4 Å². The van der Waals surface area contributed by atoms with Crippen molar-refractivity contribution >= 4 is 29.9 Å². The van der Waals surface area contributed by atoms with E-state index in [9.17, 15) is 5.11 Å². The van der Waals surface area contributed by atoms with Crippen LogP contribution < -0.4 is 10.6 Å². The van der Waals surface area contributed by atoms with Gasteiger partial charge in [0.15, 0.2) is 5.96 Å². The molecule has 0 spiro atoms. The molecular weight excluding hydrogens is 475 g/mol. The molecule has 0 aliphatic heterocycles. The highest BCUT2D eigenvalue weighted by atomic mass is 127. The smallest absolute Gasteiger partial charge is 0.191 e. The van der Waals surface area contributed by atoms with Gasteiger partial charge in [-0.3, -0.25) is 4.90 Å². The Morgan fingerprint density at radius 2 is 1.66 bits per heavy atom. The number of halogens is 1. The molecule has 5 nitrogen and oxygen atoms in total. The fourth-order valence-electron chi connectivity index (χ4n) is 3.36. The lowest BCUT2D eigenvalue weighted by molar-refractivity contribution is 0.243. The number of rotatable bonds is 13. The van der Waals surface area contributed by atoms with E-state index in [4.69, 9.17) is 4.99 Å². The molecule has 6 heteroatoms. The van der Waals surface area contributed by atoms with Gasteiger partial charge in [0.05, 0.1) is 6.54 Å². The molecule has 0 saturated carbocycles. The number of guanidine groups is 1. The van der Waals surface area contributed by atoms with Crippen LogP contribution in [0.5, 0.6) is 0 Å². The third-order valence-electron chi connectivity index (χ3n) is 4.99. The van der Waals surface area contributed by atoms with Gasteiger partial charge in [-0.15, -0.1) is 24.0 Å². The fourth-order valence-corrected chi connectivity index (χ4v) is 3.36. The summed E-state index contributed by atoms with van der Waals surface area (Å²) in [6.07, 6.45) is 1.94. The molecule has 1 aromatic carbocycles. The average molecular weight is 519 g/mol. The average Bonchev–Trinajstić information content (AvgIpc) is 2.68. The monoisotopic (exact) mass is 518 g/mol. The van der Waals surface area contributed by atoms with Gasteiger partial charge in [0.1, 0.15) is 0 Å². The van der Waals surface area contributed by atoms with Crippen molar-refractivity contribution in [1.82, 2.24) is 15.5 Å². The molecule has 0 aliphatic rings. The highest BCUT2D eigenvalue weighted by molar-refractivity contribution is 14.0. The van der Waals surface area contributed by atoms with E-state index in [0.29, 0.717) is 18.4 Å². The van der Waals surface area contributed by atoms with Crippen LogP contribution in [0.3, 0.4) is 0 Å². The van der Waals surface area contributed by atoms with Gasteiger partial charge >= 0.3 is 0 Å². The van der Waals surface area contributed by atoms with Gasteiger partial charge < -0.3 is 15.7 Å². The first-order chi connectivity index (χ1) is 13.5. The molecule has 1 aromatic rings. The highest BCUT2D eigenvalue weighted by Crippen LogP contribution is 2.14. The van der Waals surface area contributed by atoms with Gasteiger partial charge in [-0.1, -0.05) is 52.0 Å². The maximum absolute atomic E-state index is 9.30. The molecule has 1 rings (SSSR count). The maximum atomic E-state index is 9.30. The van der Waals surface area contributed by atoms with Crippen molar-refractivity contribution in [3.8, 4) is 0 Å². The Morgan fingerprint density at radius 1 is 1.03 bits per heavy atom. The van der Waals surface area contributed by atoms with Gasteiger partial charge in [-0.05, 0) is 55.8 Å². The Balaban J connectivity index is 0.00000784. The van der Waals surface area contributed by atoms with Crippen LogP contribution in [0.25, 0.3) is 0 Å². The molecule has 0 amide bonds. The quantitative estimate of drug-likeness (QED) is 0.208. The first-order valence-electron chi connectivity index (χ1n) is 10.9. The van der Waals surface area contributed by atoms with Gasteiger partial charge in [0, 0.05) is 26.2 Å². The minimum Gasteiger partial charge on any atom is -0.396 e. The SMILES string of the molecule is CCNC(=NCc1ccc(CN(CC)CC)cc1)NCC(CCO)CC(C)C.I. The second kappa shape index (κ2) is 16.9. The van der Waals surface area contributed by atoms with E-state index >= 15 is 0 Å². The summed E-state index contributed by atoms with van der Waals surface area (Å²) in [5.41, 5.74) is 2.57. The number of nitrogens with one attached hydrogen (secondary N) is 2. The Morgan fingerprint density at radius 3 is 2.17 bits per heavy atom. The molecule has 0 aromatic heterocycles. The van der Waals surface area contributed by atoms with Crippen molar-refractivity contribution in [2.45, 2.75) is 60.5 Å². The minimum absolute atomic E-state index is 0. The van der Waals surface area contributed by atoms with Crippen molar-refractivity contribution < 1.29 is 5.11 Å². The lowest BCUT2D eigenvalue weighted by Gasteiger charge is -2.20. The molecule has 0 fully saturated rings. The number of aliphatic imine (C=N–C) groups is 1. The van der Waals surface area contributed by atoms with Crippen molar-refractivity contribution in [2.75, 3.05) is 32.8 Å². The van der Waals surface area contributed by atoms with E-state index in [1.165, 1.54) is 11.1 Å². The minimum atomic E-state index is 0. The topological polar surface area (TPSA) is 59.9 Å². The second-order valence-electron chi connectivity index (χ2n) is 7.86. The highest BCUT2D eigenvalue weighted by Gasteiger charge is 2.11. The van der Waals surface area contributed by atoms with Gasteiger partial charge in [-0.25, -0.2) is 4.99 Å². The third-order valence-corrected chi connectivity index (χ3v) is 4.99. The van der Waals surface area contributed by atoms with Crippen LogP contribution in [0.2, 0.25) is 0 Å². The zero-order valence-corrected chi connectivity index (χ0v) is 21.4. The lowest BCUT2D eigenvalue weighted by atomic mass is 9.94. The van der Waals surface area contributed by atoms with Crippen LogP contribution in [0.4, 0.5) is 0 Å². The molecule has 0 heterocycles. The third kappa shape index (κ3) is 12.4. The summed E-state index contributed by atoms with van der Waals surface area (Å²) >= 11 is 0. The molecule has 0 radical (unpaired) electrons. The summed E-state index contributed by atoms with van der Waals surface area (Å²) in [4.78, 5) is 7.16. The number of aliphatic hydroxyl groups is 1. The van der Waals surface area contributed by atoms with Crippen molar-refractivity contribution in [2.24, 2.45) is 16.8 Å². The number of hydrogen-bond donors (Lipinski definition) is 3. The van der Waals surface area contributed by atoms with E-state index in [1.54, 1.807) is 0 Å². The summed E-state index contributed by atoms with van der Waals surface area (Å²) < 4.78 is 0. The van der Waals surface area contributed by atoms with Crippen LogP contribution >= 0.6 is 24.0 Å². The molecule has 0 aliphatic carbocycles. The number of aliphatic hydroxyl groups excluding tert-OH is 1. The summed E-state index contributed by atoms with van der Waals surface area (Å²) in [5, 5.41) is 16.1. The van der Waals surface area contributed by atoms with Crippen molar-refractivity contribution in [1.29, 1.82) is 0 Å². The first kappa shape index (κ1) is 28.1. The lowest BCUT2D eigenvalue weighted by Crippen LogP contribution is -2.40. The summed E-state index contributed by atoms with van der Waals surface area (Å²) in [6, 6.07) is 8.78. The molecule has 1 unspecified atom stereocenters. The standard InChI is InChI=1S/C23H42N4O.HI/c1-6-24-23(26-17-22(13-14-28)15-19(4)5)25-16-20-9-11-21(12-10-20)18-27(7-2)8-3;/h9-12,19,22,28H,6-8,13-18H2,1-5H3,(H2,24,25,26);1H. The Kier molecular flexibility index (Phi) is 16.4. The van der Waals surface area contributed by atoms with E-state index in [1.807, 2.05) is 0 Å². The summed E-state index contributed by atoms with van der Waals surface area (Å²) in [6.45, 7) is 16.7. The number of hydrogen-bond acceptors (Lipinski definition) is 3. The molecule has 3 N–H and O–H groups in total. The normalized spacial score (nSPS) is 12.8. The molecule has 29 heavy (non-hydrogen) atoms. The van der Waals surface area contributed by atoms with Gasteiger partial charge in [0.25, 0.3) is 0 Å².